The van der Waals surface area contributed by atoms with Gasteiger partial charge in [0.2, 0.25) is 5.91 Å². The van der Waals surface area contributed by atoms with Crippen molar-refractivity contribution >= 4 is 17.5 Å². The van der Waals surface area contributed by atoms with Crippen molar-refractivity contribution in [2.45, 2.75) is 32.2 Å². The number of rotatable bonds is 4. The van der Waals surface area contributed by atoms with Gasteiger partial charge >= 0.3 is 0 Å². The summed E-state index contributed by atoms with van der Waals surface area (Å²) < 4.78 is 13.1. The predicted octanol–water partition coefficient (Wildman–Crippen LogP) is 2.96. The Kier molecular flexibility index (Phi) is 5.59. The third-order valence-corrected chi connectivity index (χ3v) is 4.50. The van der Waals surface area contributed by atoms with E-state index >= 15 is 0 Å². The second-order valence-corrected chi connectivity index (χ2v) is 6.03. The molecule has 0 aliphatic carbocycles. The fourth-order valence-corrected chi connectivity index (χ4v) is 3.11. The number of carbonyl (C=O) groups excluding carboxylic acids is 1. The first-order valence-electron chi connectivity index (χ1n) is 7.43. The smallest absolute Gasteiger partial charge is 0.227 e. The van der Waals surface area contributed by atoms with E-state index in [0.29, 0.717) is 23.2 Å². The largest absolute Gasteiger partial charge is 0.340 e. The molecule has 3 nitrogen and oxygen atoms in total. The zero-order valence-corrected chi connectivity index (χ0v) is 13.4. The second kappa shape index (κ2) is 7.23. The molecule has 1 aromatic carbocycles. The van der Waals surface area contributed by atoms with Crippen molar-refractivity contribution in [3.8, 4) is 0 Å². The van der Waals surface area contributed by atoms with Crippen LogP contribution in [0.15, 0.2) is 18.2 Å². The molecule has 0 spiro atoms. The van der Waals surface area contributed by atoms with Crippen LogP contribution in [0.4, 0.5) is 4.39 Å². The molecular formula is C16H22ClFN2O. The summed E-state index contributed by atoms with van der Waals surface area (Å²) in [5, 5.41) is 0.322. The molecule has 1 fully saturated rings. The van der Waals surface area contributed by atoms with E-state index in [1.54, 1.807) is 6.07 Å². The Balaban J connectivity index is 2.03. The number of carbonyl (C=O) groups is 1. The summed E-state index contributed by atoms with van der Waals surface area (Å²) in [5.41, 5.74) is 0.689. The Morgan fingerprint density at radius 1 is 1.43 bits per heavy atom. The number of likely N-dealkylation sites (N-methyl/N-ethyl adjacent to an activating group) is 1. The van der Waals surface area contributed by atoms with Crippen LogP contribution in [0.25, 0.3) is 0 Å². The van der Waals surface area contributed by atoms with Crippen LogP contribution in [-0.2, 0) is 11.2 Å². The van der Waals surface area contributed by atoms with Crippen LogP contribution in [0.1, 0.15) is 25.3 Å². The van der Waals surface area contributed by atoms with E-state index in [9.17, 15) is 9.18 Å². The van der Waals surface area contributed by atoms with E-state index in [0.717, 1.165) is 25.9 Å². The molecular weight excluding hydrogens is 291 g/mol. The standard InChI is InChI=1S/C16H22ClFN2O/c1-3-20(14-6-8-19(2)9-7-14)16(21)10-12-4-5-13(18)11-15(12)17/h4-5,11,14H,3,6-10H2,1-2H3. The maximum absolute atomic E-state index is 13.1. The van der Waals surface area contributed by atoms with Crippen LogP contribution in [0.5, 0.6) is 0 Å². The third kappa shape index (κ3) is 4.17. The molecule has 5 heteroatoms. The number of hydrogen-bond donors (Lipinski definition) is 0. The van der Waals surface area contributed by atoms with Crippen LogP contribution < -0.4 is 0 Å². The Morgan fingerprint density at radius 2 is 2.10 bits per heavy atom. The molecule has 0 bridgehead atoms. The molecule has 21 heavy (non-hydrogen) atoms. The van der Waals surface area contributed by atoms with Crippen molar-refractivity contribution in [3.05, 3.63) is 34.6 Å². The zero-order valence-electron chi connectivity index (χ0n) is 12.6. The summed E-state index contributed by atoms with van der Waals surface area (Å²) in [6.07, 6.45) is 2.25. The number of likely N-dealkylation sites (tertiary alicyclic amines) is 1. The molecule has 0 radical (unpaired) electrons. The van der Waals surface area contributed by atoms with Gasteiger partial charge in [-0.3, -0.25) is 4.79 Å². The first-order chi connectivity index (χ1) is 10.0. The van der Waals surface area contributed by atoms with Gasteiger partial charge in [-0.1, -0.05) is 17.7 Å². The molecule has 0 saturated carbocycles. The number of nitrogens with zero attached hydrogens (tertiary/aromatic N) is 2. The van der Waals surface area contributed by atoms with Crippen LogP contribution >= 0.6 is 11.6 Å². The van der Waals surface area contributed by atoms with Gasteiger partial charge in [-0.15, -0.1) is 0 Å². The summed E-state index contributed by atoms with van der Waals surface area (Å²) in [7, 11) is 2.10. The van der Waals surface area contributed by atoms with Crippen molar-refractivity contribution in [2.24, 2.45) is 0 Å². The quantitative estimate of drug-likeness (QED) is 0.853. The van der Waals surface area contributed by atoms with Crippen LogP contribution in [0.3, 0.4) is 0 Å². The van der Waals surface area contributed by atoms with Crippen LogP contribution in [-0.4, -0.2) is 48.4 Å². The maximum Gasteiger partial charge on any atom is 0.227 e. The summed E-state index contributed by atoms with van der Waals surface area (Å²) in [4.78, 5) is 16.7. The zero-order chi connectivity index (χ0) is 15.4. The second-order valence-electron chi connectivity index (χ2n) is 5.63. The van der Waals surface area contributed by atoms with Crippen molar-refractivity contribution in [3.63, 3.8) is 0 Å². The number of hydrogen-bond acceptors (Lipinski definition) is 2. The molecule has 116 valence electrons. The normalized spacial score (nSPS) is 17.0. The maximum atomic E-state index is 13.1. The molecule has 2 rings (SSSR count). The Bertz CT molecular complexity index is 501. The van der Waals surface area contributed by atoms with Gasteiger partial charge < -0.3 is 9.80 Å². The molecule has 1 amide bonds. The molecule has 1 aliphatic heterocycles. The topological polar surface area (TPSA) is 23.6 Å². The molecule has 0 atom stereocenters. The number of piperidine rings is 1. The highest BCUT2D eigenvalue weighted by Gasteiger charge is 2.26. The molecule has 1 aromatic rings. The average molecular weight is 313 g/mol. The lowest BCUT2D eigenvalue weighted by atomic mass is 10.0. The molecule has 0 N–H and O–H groups in total. The lowest BCUT2D eigenvalue weighted by Crippen LogP contribution is -2.47. The summed E-state index contributed by atoms with van der Waals surface area (Å²) in [6, 6.07) is 4.51. The lowest BCUT2D eigenvalue weighted by molar-refractivity contribution is -0.133. The number of halogens is 2. The summed E-state index contributed by atoms with van der Waals surface area (Å²) in [6.45, 7) is 4.74. The van der Waals surface area contributed by atoms with E-state index in [1.807, 2.05) is 11.8 Å². The van der Waals surface area contributed by atoms with Gasteiger partial charge in [0, 0.05) is 17.6 Å². The highest BCUT2D eigenvalue weighted by Crippen LogP contribution is 2.21. The van der Waals surface area contributed by atoms with Gasteiger partial charge in [0.1, 0.15) is 5.82 Å². The molecule has 1 aliphatic rings. The Labute approximate surface area is 130 Å². The van der Waals surface area contributed by atoms with Crippen LogP contribution in [0.2, 0.25) is 5.02 Å². The monoisotopic (exact) mass is 312 g/mol. The lowest BCUT2D eigenvalue weighted by Gasteiger charge is -2.37. The van der Waals surface area contributed by atoms with Gasteiger partial charge in [-0.05, 0) is 57.6 Å². The minimum absolute atomic E-state index is 0.0700. The fourth-order valence-electron chi connectivity index (χ4n) is 2.87. The number of benzene rings is 1. The van der Waals surface area contributed by atoms with Crippen molar-refractivity contribution < 1.29 is 9.18 Å². The Morgan fingerprint density at radius 3 is 2.67 bits per heavy atom. The van der Waals surface area contributed by atoms with Gasteiger partial charge in [-0.2, -0.15) is 0 Å². The van der Waals surface area contributed by atoms with E-state index in [1.165, 1.54) is 12.1 Å². The fraction of sp³-hybridized carbons (Fsp3) is 0.562. The molecule has 1 heterocycles. The third-order valence-electron chi connectivity index (χ3n) is 4.15. The highest BCUT2D eigenvalue weighted by atomic mass is 35.5. The van der Waals surface area contributed by atoms with Gasteiger partial charge in [0.25, 0.3) is 0 Å². The molecule has 0 aromatic heterocycles. The first-order valence-corrected chi connectivity index (χ1v) is 7.81. The predicted molar refractivity (Wildman–Crippen MR) is 83.0 cm³/mol. The first kappa shape index (κ1) is 16.2. The summed E-state index contributed by atoms with van der Waals surface area (Å²) in [5.74, 6) is -0.306. The van der Waals surface area contributed by atoms with E-state index in [2.05, 4.69) is 11.9 Å². The van der Waals surface area contributed by atoms with E-state index in [4.69, 9.17) is 11.6 Å². The summed E-state index contributed by atoms with van der Waals surface area (Å²) >= 11 is 6.01. The Hall–Kier alpha value is -1.13. The van der Waals surface area contributed by atoms with E-state index < -0.39 is 0 Å². The van der Waals surface area contributed by atoms with Crippen molar-refractivity contribution in [1.29, 1.82) is 0 Å². The van der Waals surface area contributed by atoms with Gasteiger partial charge in [-0.25, -0.2) is 4.39 Å². The molecule has 0 unspecified atom stereocenters. The number of amides is 1. The van der Waals surface area contributed by atoms with Gasteiger partial charge in [0.15, 0.2) is 0 Å². The molecule has 1 saturated heterocycles. The van der Waals surface area contributed by atoms with Crippen molar-refractivity contribution in [2.75, 3.05) is 26.7 Å². The average Bonchev–Trinajstić information content (AvgIpc) is 2.45. The minimum Gasteiger partial charge on any atom is -0.340 e. The SMILES string of the molecule is CCN(C(=O)Cc1ccc(F)cc1Cl)C1CCN(C)CC1. The minimum atomic E-state index is -0.376. The van der Waals surface area contributed by atoms with E-state index in [-0.39, 0.29) is 18.1 Å². The highest BCUT2D eigenvalue weighted by molar-refractivity contribution is 6.31. The van der Waals surface area contributed by atoms with Crippen molar-refractivity contribution in [1.82, 2.24) is 9.80 Å². The van der Waals surface area contributed by atoms with Gasteiger partial charge in [0.05, 0.1) is 6.42 Å². The van der Waals surface area contributed by atoms with Crippen LogP contribution in [0, 0.1) is 5.82 Å².